The van der Waals surface area contributed by atoms with Gasteiger partial charge in [-0.05, 0) is 13.0 Å². The molecule has 0 aliphatic rings. The van der Waals surface area contributed by atoms with E-state index in [-0.39, 0.29) is 6.04 Å². The molecule has 1 rings (SSSR count). The second-order valence-electron chi connectivity index (χ2n) is 2.40. The zero-order valence-corrected chi connectivity index (χ0v) is 6.41. The van der Waals surface area contributed by atoms with Crippen LogP contribution in [0, 0.1) is 12.3 Å². The molecule has 1 heterocycles. The smallest absolute Gasteiger partial charge is 0.0328 e. The molecule has 0 amide bonds. The van der Waals surface area contributed by atoms with Gasteiger partial charge in [0.2, 0.25) is 0 Å². The van der Waals surface area contributed by atoms with Gasteiger partial charge in [0.05, 0.1) is 0 Å². The van der Waals surface area contributed by atoms with Crippen molar-refractivity contribution in [1.29, 1.82) is 0 Å². The van der Waals surface area contributed by atoms with Crippen LogP contribution in [0.15, 0.2) is 18.5 Å². The molecule has 2 heteroatoms. The molecule has 11 heavy (non-hydrogen) atoms. The van der Waals surface area contributed by atoms with Gasteiger partial charge in [0.25, 0.3) is 0 Å². The standard InChI is InChI=1S/C9H10N2/c1-3-8-4-5-11-6-9(8)7(2)10/h1,4-7H,10H2,2H3. The Morgan fingerprint density at radius 2 is 2.45 bits per heavy atom. The van der Waals surface area contributed by atoms with E-state index in [9.17, 15) is 0 Å². The van der Waals surface area contributed by atoms with E-state index in [0.29, 0.717) is 0 Å². The summed E-state index contributed by atoms with van der Waals surface area (Å²) in [6, 6.07) is 1.74. The molecule has 1 atom stereocenters. The molecule has 1 aromatic heterocycles. The van der Waals surface area contributed by atoms with Crippen molar-refractivity contribution >= 4 is 0 Å². The van der Waals surface area contributed by atoms with Crippen LogP contribution < -0.4 is 5.73 Å². The molecule has 0 aliphatic heterocycles. The second-order valence-corrected chi connectivity index (χ2v) is 2.40. The van der Waals surface area contributed by atoms with Gasteiger partial charge in [-0.25, -0.2) is 0 Å². The van der Waals surface area contributed by atoms with Crippen LogP contribution >= 0.6 is 0 Å². The number of nitrogens with two attached hydrogens (primary N) is 1. The highest BCUT2D eigenvalue weighted by Gasteiger charge is 2.02. The topological polar surface area (TPSA) is 38.9 Å². The van der Waals surface area contributed by atoms with E-state index in [1.165, 1.54) is 0 Å². The van der Waals surface area contributed by atoms with Gasteiger partial charge in [-0.3, -0.25) is 4.98 Å². The van der Waals surface area contributed by atoms with Crippen LogP contribution in [0.25, 0.3) is 0 Å². The summed E-state index contributed by atoms with van der Waals surface area (Å²) in [5, 5.41) is 0. The lowest BCUT2D eigenvalue weighted by atomic mass is 10.1. The van der Waals surface area contributed by atoms with Crippen LogP contribution in [0.5, 0.6) is 0 Å². The van der Waals surface area contributed by atoms with Crippen molar-refractivity contribution in [2.75, 3.05) is 0 Å². The lowest BCUT2D eigenvalue weighted by molar-refractivity contribution is 0.808. The van der Waals surface area contributed by atoms with Crippen molar-refractivity contribution in [3.8, 4) is 12.3 Å². The van der Waals surface area contributed by atoms with Crippen molar-refractivity contribution in [2.45, 2.75) is 13.0 Å². The number of nitrogens with zero attached hydrogens (tertiary/aromatic N) is 1. The first-order chi connectivity index (χ1) is 5.25. The van der Waals surface area contributed by atoms with Gasteiger partial charge in [-0.2, -0.15) is 0 Å². The van der Waals surface area contributed by atoms with Gasteiger partial charge in [0.1, 0.15) is 0 Å². The predicted molar refractivity (Wildman–Crippen MR) is 44.8 cm³/mol. The van der Waals surface area contributed by atoms with Crippen LogP contribution in [0.1, 0.15) is 24.1 Å². The minimum absolute atomic E-state index is 0.0465. The highest BCUT2D eigenvalue weighted by Crippen LogP contribution is 2.12. The summed E-state index contributed by atoms with van der Waals surface area (Å²) in [7, 11) is 0. The maximum Gasteiger partial charge on any atom is 0.0328 e. The number of rotatable bonds is 1. The summed E-state index contributed by atoms with van der Waals surface area (Å²) < 4.78 is 0. The fourth-order valence-corrected chi connectivity index (χ4v) is 0.901. The van der Waals surface area contributed by atoms with E-state index in [1.54, 1.807) is 18.5 Å². The van der Waals surface area contributed by atoms with E-state index < -0.39 is 0 Å². The van der Waals surface area contributed by atoms with Crippen LogP contribution in [0.3, 0.4) is 0 Å². The SMILES string of the molecule is C#Cc1ccncc1C(C)N. The summed E-state index contributed by atoms with van der Waals surface area (Å²) in [5.41, 5.74) is 7.41. The predicted octanol–water partition coefficient (Wildman–Crippen LogP) is 1.08. The van der Waals surface area contributed by atoms with E-state index >= 15 is 0 Å². The summed E-state index contributed by atoms with van der Waals surface area (Å²) in [5.74, 6) is 2.56. The first kappa shape index (κ1) is 7.77. The van der Waals surface area contributed by atoms with Gasteiger partial charge >= 0.3 is 0 Å². The van der Waals surface area contributed by atoms with Gasteiger partial charge in [-0.15, -0.1) is 6.42 Å². The fraction of sp³-hybridized carbons (Fsp3) is 0.222. The Kier molecular flexibility index (Phi) is 2.25. The van der Waals surface area contributed by atoms with Crippen molar-refractivity contribution in [3.05, 3.63) is 29.6 Å². The van der Waals surface area contributed by atoms with Crippen molar-refractivity contribution < 1.29 is 0 Å². The molecule has 0 bridgehead atoms. The Balaban J connectivity index is 3.15. The summed E-state index contributed by atoms with van der Waals surface area (Å²) in [4.78, 5) is 3.94. The zero-order chi connectivity index (χ0) is 8.27. The third-order valence-electron chi connectivity index (χ3n) is 1.50. The maximum atomic E-state index is 5.65. The van der Waals surface area contributed by atoms with Crippen molar-refractivity contribution in [3.63, 3.8) is 0 Å². The third-order valence-corrected chi connectivity index (χ3v) is 1.50. The third kappa shape index (κ3) is 1.57. The van der Waals surface area contributed by atoms with Crippen LogP contribution in [-0.2, 0) is 0 Å². The molecule has 0 fully saturated rings. The van der Waals surface area contributed by atoms with E-state index in [2.05, 4.69) is 10.9 Å². The summed E-state index contributed by atoms with van der Waals surface area (Å²) in [6.07, 6.45) is 8.63. The minimum Gasteiger partial charge on any atom is -0.324 e. The van der Waals surface area contributed by atoms with E-state index in [0.717, 1.165) is 11.1 Å². The van der Waals surface area contributed by atoms with Gasteiger partial charge in [-0.1, -0.05) is 5.92 Å². The first-order valence-corrected chi connectivity index (χ1v) is 3.42. The summed E-state index contributed by atoms with van der Waals surface area (Å²) in [6.45, 7) is 1.89. The molecule has 0 aliphatic carbocycles. The van der Waals surface area contributed by atoms with Gasteiger partial charge < -0.3 is 5.73 Å². The molecule has 2 N–H and O–H groups in total. The van der Waals surface area contributed by atoms with Crippen LogP contribution in [0.4, 0.5) is 0 Å². The normalized spacial score (nSPS) is 12.1. The van der Waals surface area contributed by atoms with Crippen molar-refractivity contribution in [2.24, 2.45) is 5.73 Å². The van der Waals surface area contributed by atoms with E-state index in [1.807, 2.05) is 6.92 Å². The molecular formula is C9H10N2. The van der Waals surface area contributed by atoms with Crippen LogP contribution in [-0.4, -0.2) is 4.98 Å². The van der Waals surface area contributed by atoms with Crippen molar-refractivity contribution in [1.82, 2.24) is 4.98 Å². The second kappa shape index (κ2) is 3.18. The Hall–Kier alpha value is -1.33. The number of pyridine rings is 1. The lowest BCUT2D eigenvalue weighted by Gasteiger charge is -2.06. The number of hydrogen-bond acceptors (Lipinski definition) is 2. The van der Waals surface area contributed by atoms with Gasteiger partial charge in [0.15, 0.2) is 0 Å². The quantitative estimate of drug-likeness (QED) is 0.602. The molecule has 1 aromatic rings. The van der Waals surface area contributed by atoms with Gasteiger partial charge in [0, 0.05) is 29.6 Å². The fourth-order valence-electron chi connectivity index (χ4n) is 0.901. The Labute approximate surface area is 66.4 Å². The number of aromatic nitrogens is 1. The Morgan fingerprint density at radius 3 is 2.91 bits per heavy atom. The monoisotopic (exact) mass is 146 g/mol. The molecule has 0 saturated heterocycles. The zero-order valence-electron chi connectivity index (χ0n) is 6.41. The largest absolute Gasteiger partial charge is 0.324 e. The van der Waals surface area contributed by atoms with E-state index in [4.69, 9.17) is 12.2 Å². The number of terminal acetylenes is 1. The molecule has 0 aromatic carbocycles. The molecule has 0 spiro atoms. The molecule has 1 unspecified atom stereocenters. The lowest BCUT2D eigenvalue weighted by Crippen LogP contribution is -2.07. The maximum absolute atomic E-state index is 5.65. The average Bonchev–Trinajstić information content (AvgIpc) is 2.04. The highest BCUT2D eigenvalue weighted by molar-refractivity contribution is 5.38. The molecular weight excluding hydrogens is 136 g/mol. The minimum atomic E-state index is -0.0465. The van der Waals surface area contributed by atoms with Crippen LogP contribution in [0.2, 0.25) is 0 Å². The number of hydrogen-bond donors (Lipinski definition) is 1. The summed E-state index contributed by atoms with van der Waals surface area (Å²) >= 11 is 0. The Morgan fingerprint density at radius 1 is 1.73 bits per heavy atom. The first-order valence-electron chi connectivity index (χ1n) is 3.42. The molecule has 0 radical (unpaired) electrons. The molecule has 0 saturated carbocycles. The Bertz CT molecular complexity index is 284. The molecule has 56 valence electrons. The highest BCUT2D eigenvalue weighted by atomic mass is 14.7. The molecule has 2 nitrogen and oxygen atoms in total. The average molecular weight is 146 g/mol.